The first kappa shape index (κ1) is 11.2. The van der Waals surface area contributed by atoms with Gasteiger partial charge in [0.2, 0.25) is 0 Å². The van der Waals surface area contributed by atoms with E-state index in [1.54, 1.807) is 24.2 Å². The molecule has 0 amide bonds. The number of aromatic nitrogens is 2. The summed E-state index contributed by atoms with van der Waals surface area (Å²) in [5.41, 5.74) is 0. The molecule has 2 rings (SSSR count). The summed E-state index contributed by atoms with van der Waals surface area (Å²) in [7, 11) is 1.82. The van der Waals surface area contributed by atoms with E-state index < -0.39 is 0 Å². The predicted molar refractivity (Wildman–Crippen MR) is 67.2 cm³/mol. The lowest BCUT2D eigenvalue weighted by atomic mass is 10.4. The van der Waals surface area contributed by atoms with Crippen molar-refractivity contribution < 1.29 is 0 Å². The molecule has 0 aliphatic heterocycles. The van der Waals surface area contributed by atoms with Crippen LogP contribution < -0.4 is 5.32 Å². The molecule has 1 aromatic heterocycles. The molecule has 0 spiro atoms. The van der Waals surface area contributed by atoms with Gasteiger partial charge >= 0.3 is 0 Å². The SMILES string of the molecule is CNc1cncc(Sc2ccc(Cl)cc2)n1. The molecule has 0 fully saturated rings. The van der Waals surface area contributed by atoms with E-state index in [1.165, 1.54) is 0 Å². The van der Waals surface area contributed by atoms with Crippen molar-refractivity contribution in [3.05, 3.63) is 41.7 Å². The van der Waals surface area contributed by atoms with Crippen molar-refractivity contribution >= 4 is 29.2 Å². The molecule has 0 atom stereocenters. The summed E-state index contributed by atoms with van der Waals surface area (Å²) in [5.74, 6) is 0.763. The number of nitrogens with one attached hydrogen (secondary N) is 1. The maximum absolute atomic E-state index is 5.82. The van der Waals surface area contributed by atoms with Gasteiger partial charge in [-0.25, -0.2) is 4.98 Å². The molecular weight excluding hydrogens is 242 g/mol. The quantitative estimate of drug-likeness (QED) is 0.908. The molecule has 82 valence electrons. The molecule has 0 radical (unpaired) electrons. The zero-order valence-electron chi connectivity index (χ0n) is 8.64. The Bertz CT molecular complexity index is 473. The van der Waals surface area contributed by atoms with Crippen molar-refractivity contribution in [2.75, 3.05) is 12.4 Å². The molecule has 0 aliphatic carbocycles. The average Bonchev–Trinajstić information content (AvgIpc) is 2.32. The lowest BCUT2D eigenvalue weighted by molar-refractivity contribution is 1.05. The number of hydrogen-bond acceptors (Lipinski definition) is 4. The molecule has 0 saturated carbocycles. The molecule has 5 heteroatoms. The highest BCUT2D eigenvalue weighted by molar-refractivity contribution is 7.99. The molecule has 3 nitrogen and oxygen atoms in total. The van der Waals surface area contributed by atoms with Crippen molar-refractivity contribution in [3.8, 4) is 0 Å². The second kappa shape index (κ2) is 5.18. The number of nitrogens with zero attached hydrogens (tertiary/aromatic N) is 2. The second-order valence-electron chi connectivity index (χ2n) is 3.05. The topological polar surface area (TPSA) is 37.8 Å². The molecule has 0 bridgehead atoms. The molecule has 16 heavy (non-hydrogen) atoms. The Hall–Kier alpha value is -1.26. The maximum Gasteiger partial charge on any atom is 0.145 e. The first-order valence-corrected chi connectivity index (χ1v) is 5.90. The Morgan fingerprint density at radius 3 is 2.62 bits per heavy atom. The van der Waals surface area contributed by atoms with E-state index in [-0.39, 0.29) is 0 Å². The van der Waals surface area contributed by atoms with Crippen molar-refractivity contribution in [1.29, 1.82) is 0 Å². The largest absolute Gasteiger partial charge is 0.372 e. The van der Waals surface area contributed by atoms with Crippen LogP contribution in [-0.2, 0) is 0 Å². The highest BCUT2D eigenvalue weighted by Crippen LogP contribution is 2.27. The maximum atomic E-state index is 5.82. The number of hydrogen-bond donors (Lipinski definition) is 1. The summed E-state index contributed by atoms with van der Waals surface area (Å²) in [6, 6.07) is 7.64. The molecule has 1 heterocycles. The van der Waals surface area contributed by atoms with Crippen molar-refractivity contribution in [2.24, 2.45) is 0 Å². The highest BCUT2D eigenvalue weighted by Gasteiger charge is 2.00. The zero-order chi connectivity index (χ0) is 11.4. The van der Waals surface area contributed by atoms with Gasteiger partial charge in [-0.1, -0.05) is 23.4 Å². The number of halogens is 1. The van der Waals surface area contributed by atoms with Gasteiger partial charge in [-0.3, -0.25) is 4.98 Å². The molecule has 1 N–H and O–H groups in total. The van der Waals surface area contributed by atoms with Gasteiger partial charge in [-0.2, -0.15) is 0 Å². The third kappa shape index (κ3) is 2.87. The van der Waals surface area contributed by atoms with Crippen LogP contribution in [0.1, 0.15) is 0 Å². The number of rotatable bonds is 3. The lowest BCUT2D eigenvalue weighted by Crippen LogP contribution is -1.93. The third-order valence-electron chi connectivity index (χ3n) is 1.90. The van der Waals surface area contributed by atoms with Crippen LogP contribution in [0.3, 0.4) is 0 Å². The Labute approximate surface area is 103 Å². The van der Waals surface area contributed by atoms with Gasteiger partial charge < -0.3 is 5.32 Å². The highest BCUT2D eigenvalue weighted by atomic mass is 35.5. The third-order valence-corrected chi connectivity index (χ3v) is 3.07. The smallest absolute Gasteiger partial charge is 0.145 e. The summed E-state index contributed by atoms with van der Waals surface area (Å²) in [6.07, 6.45) is 3.42. The van der Waals surface area contributed by atoms with Gasteiger partial charge in [0, 0.05) is 17.0 Å². The van der Waals surface area contributed by atoms with Crippen LogP contribution in [0.2, 0.25) is 5.02 Å². The van der Waals surface area contributed by atoms with Crippen LogP contribution in [0.5, 0.6) is 0 Å². The molecule has 1 aromatic carbocycles. The number of anilines is 1. The summed E-state index contributed by atoms with van der Waals surface area (Å²) < 4.78 is 0. The summed E-state index contributed by atoms with van der Waals surface area (Å²) in [5, 5.41) is 4.55. The minimum Gasteiger partial charge on any atom is -0.372 e. The van der Waals surface area contributed by atoms with E-state index in [9.17, 15) is 0 Å². The monoisotopic (exact) mass is 251 g/mol. The molecule has 0 saturated heterocycles. The van der Waals surface area contributed by atoms with Gasteiger partial charge in [0.15, 0.2) is 0 Å². The Kier molecular flexibility index (Phi) is 3.64. The first-order valence-electron chi connectivity index (χ1n) is 4.71. The number of benzene rings is 1. The summed E-state index contributed by atoms with van der Waals surface area (Å²) in [4.78, 5) is 9.55. The Morgan fingerprint density at radius 1 is 1.19 bits per heavy atom. The minimum atomic E-state index is 0.736. The lowest BCUT2D eigenvalue weighted by Gasteiger charge is -2.02. The summed E-state index contributed by atoms with van der Waals surface area (Å²) in [6.45, 7) is 0. The Morgan fingerprint density at radius 2 is 1.94 bits per heavy atom. The fourth-order valence-corrected chi connectivity index (χ4v) is 2.04. The van der Waals surface area contributed by atoms with Crippen LogP contribution in [0.25, 0.3) is 0 Å². The molecular formula is C11H10ClN3S. The van der Waals surface area contributed by atoms with E-state index >= 15 is 0 Å². The standard InChI is InChI=1S/C11H10ClN3S/c1-13-10-6-14-7-11(15-10)16-9-4-2-8(12)3-5-9/h2-7H,1H3,(H,13,15). The molecule has 0 unspecified atom stereocenters. The van der Waals surface area contributed by atoms with Gasteiger partial charge in [-0.05, 0) is 24.3 Å². The first-order chi connectivity index (χ1) is 7.78. The Balaban J connectivity index is 2.16. The fraction of sp³-hybridized carbons (Fsp3) is 0.0909. The normalized spacial score (nSPS) is 10.1. The molecule has 2 aromatic rings. The van der Waals surface area contributed by atoms with Crippen molar-refractivity contribution in [1.82, 2.24) is 9.97 Å². The van der Waals surface area contributed by atoms with E-state index in [0.717, 1.165) is 20.8 Å². The second-order valence-corrected chi connectivity index (χ2v) is 4.58. The van der Waals surface area contributed by atoms with E-state index in [2.05, 4.69) is 15.3 Å². The van der Waals surface area contributed by atoms with Gasteiger partial charge in [0.1, 0.15) is 10.8 Å². The van der Waals surface area contributed by atoms with Gasteiger partial charge in [0.25, 0.3) is 0 Å². The zero-order valence-corrected chi connectivity index (χ0v) is 10.2. The van der Waals surface area contributed by atoms with Crippen molar-refractivity contribution in [3.63, 3.8) is 0 Å². The van der Waals surface area contributed by atoms with Crippen LogP contribution in [0.4, 0.5) is 5.82 Å². The summed E-state index contributed by atoms with van der Waals surface area (Å²) >= 11 is 7.37. The average molecular weight is 252 g/mol. The van der Waals surface area contributed by atoms with Crippen molar-refractivity contribution in [2.45, 2.75) is 9.92 Å². The van der Waals surface area contributed by atoms with Gasteiger partial charge in [0.05, 0.1) is 12.4 Å². The van der Waals surface area contributed by atoms with Crippen LogP contribution in [0.15, 0.2) is 46.6 Å². The van der Waals surface area contributed by atoms with Crippen LogP contribution >= 0.6 is 23.4 Å². The van der Waals surface area contributed by atoms with Gasteiger partial charge in [-0.15, -0.1) is 0 Å². The fourth-order valence-electron chi connectivity index (χ4n) is 1.14. The van der Waals surface area contributed by atoms with E-state index in [4.69, 9.17) is 11.6 Å². The molecule has 0 aliphatic rings. The van der Waals surface area contributed by atoms with E-state index in [0.29, 0.717) is 0 Å². The van der Waals surface area contributed by atoms with Crippen LogP contribution in [0, 0.1) is 0 Å². The minimum absolute atomic E-state index is 0.736. The van der Waals surface area contributed by atoms with Crippen LogP contribution in [-0.4, -0.2) is 17.0 Å². The van der Waals surface area contributed by atoms with E-state index in [1.807, 2.05) is 31.3 Å². The predicted octanol–water partition coefficient (Wildman–Crippen LogP) is 3.32.